The smallest absolute Gasteiger partial charge is 0.0742 e. The zero-order valence-corrected chi connectivity index (χ0v) is 36.0. The van der Waals surface area contributed by atoms with Crippen molar-refractivity contribution in [3.05, 3.63) is 181 Å². The molecule has 0 atom stereocenters. The van der Waals surface area contributed by atoms with Crippen LogP contribution in [0.2, 0.25) is 0 Å². The third kappa shape index (κ3) is 6.04. The van der Waals surface area contributed by atoms with E-state index >= 15 is 0 Å². The molecule has 296 valence electrons. The summed E-state index contributed by atoms with van der Waals surface area (Å²) < 4.78 is 4.86. The van der Waals surface area contributed by atoms with Crippen LogP contribution in [0.3, 0.4) is 0 Å². The van der Waals surface area contributed by atoms with Crippen molar-refractivity contribution in [1.82, 2.24) is 9.13 Å². The van der Waals surface area contributed by atoms with Crippen molar-refractivity contribution in [3.8, 4) is 0 Å². The van der Waals surface area contributed by atoms with Gasteiger partial charge in [-0.05, 0) is 106 Å². The molecule has 4 nitrogen and oxygen atoms in total. The topological polar surface area (TPSA) is 16.3 Å². The van der Waals surface area contributed by atoms with E-state index < -0.39 is 0 Å². The van der Waals surface area contributed by atoms with Crippen LogP contribution in [-0.4, -0.2) is 9.13 Å². The lowest BCUT2D eigenvalue weighted by atomic mass is 9.87. The Morgan fingerprint density at radius 2 is 0.650 bits per heavy atom. The molecule has 10 rings (SSSR count). The molecule has 2 aromatic heterocycles. The molecule has 0 aliphatic carbocycles. The molecule has 2 heterocycles. The monoisotopic (exact) mass is 780 g/mol. The maximum Gasteiger partial charge on any atom is 0.0742 e. The average Bonchev–Trinajstić information content (AvgIpc) is 3.71. The normalized spacial score (nSPS) is 12.3. The van der Waals surface area contributed by atoms with E-state index in [1.54, 1.807) is 0 Å². The highest BCUT2D eigenvalue weighted by Gasteiger charge is 2.24. The number of nitrogens with zero attached hydrogens (tertiary/aromatic N) is 4. The van der Waals surface area contributed by atoms with Crippen molar-refractivity contribution in [2.75, 3.05) is 9.80 Å². The molecule has 0 fully saturated rings. The number of aromatic nitrogens is 2. The third-order valence-electron chi connectivity index (χ3n) is 12.6. The Balaban J connectivity index is 1.20. The lowest BCUT2D eigenvalue weighted by Gasteiger charge is -2.27. The summed E-state index contributed by atoms with van der Waals surface area (Å²) >= 11 is 0. The molecule has 0 unspecified atom stereocenters. The molecular formula is C56H52N4. The minimum Gasteiger partial charge on any atom is -0.342 e. The fraction of sp³-hybridized carbons (Fsp3) is 0.179. The zero-order chi connectivity index (χ0) is 41.5. The number of anilines is 6. The summed E-state index contributed by atoms with van der Waals surface area (Å²) in [6.45, 7) is 13.6. The van der Waals surface area contributed by atoms with E-state index in [0.29, 0.717) is 0 Å². The van der Waals surface area contributed by atoms with Gasteiger partial charge in [0.05, 0.1) is 22.1 Å². The van der Waals surface area contributed by atoms with Gasteiger partial charge in [-0.3, -0.25) is 0 Å². The summed E-state index contributed by atoms with van der Waals surface area (Å²) in [6.07, 6.45) is 0. The number of para-hydroxylation sites is 2. The minimum absolute atomic E-state index is 0.0786. The summed E-state index contributed by atoms with van der Waals surface area (Å²) in [7, 11) is 4.49. The second-order valence-corrected chi connectivity index (χ2v) is 18.4. The van der Waals surface area contributed by atoms with Gasteiger partial charge in [-0.2, -0.15) is 0 Å². The molecule has 0 N–H and O–H groups in total. The maximum atomic E-state index is 2.43. The first kappa shape index (κ1) is 37.5. The van der Waals surface area contributed by atoms with E-state index in [4.69, 9.17) is 0 Å². The Morgan fingerprint density at radius 3 is 1.00 bits per heavy atom. The standard InChI is InChI=1S/C56H52N4/c1-55(2,3)37-23-27-41(28-24-37)59(39-17-11-9-12-18-39)43-31-33-47-49(35-43)57(7)53-51(47)45-21-15-16-22-46(45)52-48-34-32-44(36-50(48)58(8)54(52)53)60(40-19-13-10-14-20-40)42-29-25-38(26-30-42)56(4,5)6/h9-36H,1-8H3. The van der Waals surface area contributed by atoms with Gasteiger partial charge in [0.1, 0.15) is 0 Å². The zero-order valence-electron chi connectivity index (χ0n) is 36.0. The Hall–Kier alpha value is -6.78. The Bertz CT molecular complexity index is 2990. The average molecular weight is 781 g/mol. The van der Waals surface area contributed by atoms with E-state index in [-0.39, 0.29) is 10.8 Å². The molecule has 0 radical (unpaired) electrons. The third-order valence-corrected chi connectivity index (χ3v) is 12.6. The summed E-state index contributed by atoms with van der Waals surface area (Å²) in [6, 6.07) is 62.6. The van der Waals surface area contributed by atoms with Gasteiger partial charge in [-0.25, -0.2) is 0 Å². The van der Waals surface area contributed by atoms with Crippen molar-refractivity contribution in [2.45, 2.75) is 52.4 Å². The van der Waals surface area contributed by atoms with Gasteiger partial charge in [0, 0.05) is 69.8 Å². The number of hydrogen-bond donors (Lipinski definition) is 0. The van der Waals surface area contributed by atoms with E-state index in [9.17, 15) is 0 Å². The molecule has 0 spiro atoms. The van der Waals surface area contributed by atoms with Crippen LogP contribution in [-0.2, 0) is 24.9 Å². The first-order chi connectivity index (χ1) is 28.9. The fourth-order valence-electron chi connectivity index (χ4n) is 9.42. The molecule has 0 saturated carbocycles. The van der Waals surface area contributed by atoms with Crippen LogP contribution in [0.1, 0.15) is 52.7 Å². The van der Waals surface area contributed by atoms with E-state index in [2.05, 4.69) is 244 Å². The summed E-state index contributed by atoms with van der Waals surface area (Å²) in [5, 5.41) is 7.64. The predicted molar refractivity (Wildman–Crippen MR) is 259 cm³/mol. The lowest BCUT2D eigenvalue weighted by molar-refractivity contribution is 0.590. The van der Waals surface area contributed by atoms with Crippen LogP contribution >= 0.6 is 0 Å². The Kier molecular flexibility index (Phi) is 8.69. The second kappa shape index (κ2) is 13.9. The molecule has 0 amide bonds. The summed E-state index contributed by atoms with van der Waals surface area (Å²) in [4.78, 5) is 4.76. The van der Waals surface area contributed by atoms with E-state index in [1.165, 1.54) is 65.5 Å². The van der Waals surface area contributed by atoms with Crippen molar-refractivity contribution in [1.29, 1.82) is 0 Å². The van der Waals surface area contributed by atoms with Crippen LogP contribution in [0.4, 0.5) is 34.1 Å². The summed E-state index contributed by atoms with van der Waals surface area (Å²) in [5.41, 5.74) is 14.5. The lowest BCUT2D eigenvalue weighted by Crippen LogP contribution is -2.13. The maximum absolute atomic E-state index is 2.43. The van der Waals surface area contributed by atoms with Gasteiger partial charge in [-0.15, -0.1) is 0 Å². The molecule has 10 aromatic rings. The highest BCUT2D eigenvalue weighted by Crippen LogP contribution is 2.47. The highest BCUT2D eigenvalue weighted by molar-refractivity contribution is 6.36. The van der Waals surface area contributed by atoms with Gasteiger partial charge in [0.2, 0.25) is 0 Å². The first-order valence-corrected chi connectivity index (χ1v) is 21.1. The highest BCUT2D eigenvalue weighted by atomic mass is 15.2. The predicted octanol–water partition coefficient (Wildman–Crippen LogP) is 15.7. The molecule has 60 heavy (non-hydrogen) atoms. The Morgan fingerprint density at radius 1 is 0.333 bits per heavy atom. The number of aryl methyl sites for hydroxylation is 2. The number of benzene rings is 8. The molecule has 0 aliphatic rings. The largest absolute Gasteiger partial charge is 0.342 e. The van der Waals surface area contributed by atoms with Gasteiger partial charge in [0.25, 0.3) is 0 Å². The van der Waals surface area contributed by atoms with Gasteiger partial charge in [0.15, 0.2) is 0 Å². The van der Waals surface area contributed by atoms with Crippen molar-refractivity contribution in [2.24, 2.45) is 14.1 Å². The second-order valence-electron chi connectivity index (χ2n) is 18.4. The number of fused-ring (bicyclic) bond motifs is 10. The minimum atomic E-state index is 0.0786. The van der Waals surface area contributed by atoms with Crippen LogP contribution in [0.5, 0.6) is 0 Å². The van der Waals surface area contributed by atoms with Crippen molar-refractivity contribution in [3.63, 3.8) is 0 Å². The van der Waals surface area contributed by atoms with Crippen LogP contribution in [0.15, 0.2) is 170 Å². The van der Waals surface area contributed by atoms with Crippen molar-refractivity contribution >= 4 is 88.5 Å². The van der Waals surface area contributed by atoms with Gasteiger partial charge >= 0.3 is 0 Å². The van der Waals surface area contributed by atoms with Gasteiger partial charge in [-0.1, -0.05) is 139 Å². The Labute approximate surface area is 353 Å². The number of rotatable bonds is 6. The molecule has 0 saturated heterocycles. The van der Waals surface area contributed by atoms with Crippen LogP contribution in [0, 0.1) is 0 Å². The number of hydrogen-bond acceptors (Lipinski definition) is 2. The first-order valence-electron chi connectivity index (χ1n) is 21.1. The summed E-state index contributed by atoms with van der Waals surface area (Å²) in [5.74, 6) is 0. The van der Waals surface area contributed by atoms with Crippen LogP contribution < -0.4 is 9.80 Å². The molecule has 8 aromatic carbocycles. The fourth-order valence-corrected chi connectivity index (χ4v) is 9.42. The van der Waals surface area contributed by atoms with Crippen LogP contribution in [0.25, 0.3) is 54.4 Å². The molecule has 4 heteroatoms. The quantitative estimate of drug-likeness (QED) is 0.167. The van der Waals surface area contributed by atoms with E-state index in [0.717, 1.165) is 34.1 Å². The van der Waals surface area contributed by atoms with Crippen molar-refractivity contribution < 1.29 is 0 Å². The van der Waals surface area contributed by atoms with E-state index in [1.807, 2.05) is 0 Å². The SMILES string of the molecule is Cn1c2cc(N(c3ccccc3)c3ccc(C(C)(C)C)cc3)ccc2c2c3ccccc3c3c4ccc(N(c5ccccc5)c5ccc(C(C)(C)C)cc5)cc4n(C)c3c21. The van der Waals surface area contributed by atoms with Gasteiger partial charge < -0.3 is 18.9 Å². The molecule has 0 bridgehead atoms. The molecular weight excluding hydrogens is 729 g/mol. The molecule has 0 aliphatic heterocycles.